The quantitative estimate of drug-likeness (QED) is 0.770. The summed E-state index contributed by atoms with van der Waals surface area (Å²) < 4.78 is 10.4. The highest BCUT2D eigenvalue weighted by atomic mass is 79.9. The van der Waals surface area contributed by atoms with E-state index in [1.807, 2.05) is 18.2 Å². The van der Waals surface area contributed by atoms with E-state index in [-0.39, 0.29) is 0 Å². The van der Waals surface area contributed by atoms with Crippen LogP contribution in [-0.4, -0.2) is 14.2 Å². The Hall–Kier alpha value is -0.700. The van der Waals surface area contributed by atoms with Crippen LogP contribution in [-0.2, 0) is 0 Å². The largest absolute Gasteiger partial charge is 0.497 e. The second kappa shape index (κ2) is 5.25. The fourth-order valence-electron chi connectivity index (χ4n) is 1.30. The Kier molecular flexibility index (Phi) is 4.26. The molecule has 0 aliphatic rings. The van der Waals surface area contributed by atoms with Crippen molar-refractivity contribution < 1.29 is 9.47 Å². The lowest BCUT2D eigenvalue weighted by Crippen LogP contribution is -1.95. The smallest absolute Gasteiger partial charge is 0.126 e. The zero-order chi connectivity index (χ0) is 10.6. The summed E-state index contributed by atoms with van der Waals surface area (Å²) in [7, 11) is 3.33. The van der Waals surface area contributed by atoms with Gasteiger partial charge in [0.15, 0.2) is 0 Å². The maximum absolute atomic E-state index is 5.30. The van der Waals surface area contributed by atoms with E-state index in [1.54, 1.807) is 14.2 Å². The topological polar surface area (TPSA) is 18.5 Å². The number of benzene rings is 1. The summed E-state index contributed by atoms with van der Waals surface area (Å²) in [5.74, 6) is 1.69. The first-order valence-corrected chi connectivity index (χ1v) is 5.50. The molecule has 1 atom stereocenters. The number of rotatable bonds is 4. The summed E-state index contributed by atoms with van der Waals surface area (Å²) in [5, 5.41) is 0. The normalized spacial score (nSPS) is 12.3. The van der Waals surface area contributed by atoms with Crippen LogP contribution in [0.25, 0.3) is 0 Å². The second-order valence-corrected chi connectivity index (χ2v) is 4.09. The van der Waals surface area contributed by atoms with Crippen LogP contribution < -0.4 is 9.47 Å². The first kappa shape index (κ1) is 11.4. The monoisotopic (exact) mass is 258 g/mol. The van der Waals surface area contributed by atoms with Crippen LogP contribution in [0.4, 0.5) is 0 Å². The Morgan fingerprint density at radius 3 is 2.50 bits per heavy atom. The highest BCUT2D eigenvalue weighted by Gasteiger charge is 2.11. The third kappa shape index (κ3) is 2.41. The van der Waals surface area contributed by atoms with Crippen molar-refractivity contribution in [2.45, 2.75) is 18.2 Å². The van der Waals surface area contributed by atoms with Crippen molar-refractivity contribution in [3.8, 4) is 11.5 Å². The van der Waals surface area contributed by atoms with Crippen LogP contribution in [0.3, 0.4) is 0 Å². The lowest BCUT2D eigenvalue weighted by Gasteiger charge is -2.13. The van der Waals surface area contributed by atoms with Crippen molar-refractivity contribution in [1.82, 2.24) is 0 Å². The Labute approximate surface area is 93.4 Å². The maximum atomic E-state index is 5.30. The first-order chi connectivity index (χ1) is 6.72. The van der Waals surface area contributed by atoms with Gasteiger partial charge < -0.3 is 9.47 Å². The predicted octanol–water partition coefficient (Wildman–Crippen LogP) is 3.55. The fraction of sp³-hybridized carbons (Fsp3) is 0.455. The molecule has 78 valence electrons. The molecule has 0 saturated carbocycles. The van der Waals surface area contributed by atoms with Gasteiger partial charge in [-0.2, -0.15) is 0 Å². The summed E-state index contributed by atoms with van der Waals surface area (Å²) in [6, 6.07) is 5.88. The number of methoxy groups -OCH3 is 2. The summed E-state index contributed by atoms with van der Waals surface area (Å²) in [6.45, 7) is 2.13. The molecule has 0 amide bonds. The van der Waals surface area contributed by atoms with Crippen molar-refractivity contribution in [3.63, 3.8) is 0 Å². The van der Waals surface area contributed by atoms with E-state index in [4.69, 9.17) is 9.47 Å². The average molecular weight is 259 g/mol. The molecule has 2 nitrogen and oxygen atoms in total. The van der Waals surface area contributed by atoms with Crippen molar-refractivity contribution in [3.05, 3.63) is 23.8 Å². The molecule has 14 heavy (non-hydrogen) atoms. The molecule has 0 bridgehead atoms. The SMILES string of the molecule is CCC(Br)c1ccc(OC)cc1OC. The van der Waals surface area contributed by atoms with Gasteiger partial charge in [-0.15, -0.1) is 0 Å². The highest BCUT2D eigenvalue weighted by molar-refractivity contribution is 9.09. The van der Waals surface area contributed by atoms with Crippen molar-refractivity contribution in [2.75, 3.05) is 14.2 Å². The minimum absolute atomic E-state index is 0.336. The lowest BCUT2D eigenvalue weighted by molar-refractivity contribution is 0.391. The van der Waals surface area contributed by atoms with E-state index in [1.165, 1.54) is 0 Å². The number of hydrogen-bond donors (Lipinski definition) is 0. The molecule has 0 aromatic heterocycles. The van der Waals surface area contributed by atoms with Gasteiger partial charge in [0.1, 0.15) is 11.5 Å². The van der Waals surface area contributed by atoms with Crippen molar-refractivity contribution in [1.29, 1.82) is 0 Å². The molecule has 0 aliphatic heterocycles. The molecular weight excluding hydrogens is 244 g/mol. The Morgan fingerprint density at radius 1 is 1.29 bits per heavy atom. The van der Waals surface area contributed by atoms with Gasteiger partial charge in [0, 0.05) is 16.5 Å². The summed E-state index contributed by atoms with van der Waals surface area (Å²) in [6.07, 6.45) is 1.03. The average Bonchev–Trinajstić information content (AvgIpc) is 2.27. The minimum atomic E-state index is 0.336. The number of ether oxygens (including phenoxy) is 2. The number of halogens is 1. The molecule has 0 aliphatic carbocycles. The molecule has 1 aromatic carbocycles. The fourth-order valence-corrected chi connectivity index (χ4v) is 1.68. The molecule has 1 rings (SSSR count). The van der Waals surface area contributed by atoms with Gasteiger partial charge in [-0.25, -0.2) is 0 Å². The molecule has 0 N–H and O–H groups in total. The zero-order valence-corrected chi connectivity index (χ0v) is 10.3. The van der Waals surface area contributed by atoms with Crippen LogP contribution in [0.15, 0.2) is 18.2 Å². The third-order valence-corrected chi connectivity index (χ3v) is 3.28. The molecule has 0 spiro atoms. The summed E-state index contributed by atoms with van der Waals surface area (Å²) in [4.78, 5) is 0.336. The van der Waals surface area contributed by atoms with Gasteiger partial charge in [0.25, 0.3) is 0 Å². The Morgan fingerprint density at radius 2 is 2.00 bits per heavy atom. The van der Waals surface area contributed by atoms with E-state index in [0.717, 1.165) is 23.5 Å². The molecule has 1 unspecified atom stereocenters. The van der Waals surface area contributed by atoms with Gasteiger partial charge in [0.05, 0.1) is 14.2 Å². The van der Waals surface area contributed by atoms with Crippen LogP contribution in [0, 0.1) is 0 Å². The van der Waals surface area contributed by atoms with Gasteiger partial charge >= 0.3 is 0 Å². The molecule has 0 fully saturated rings. The molecule has 0 saturated heterocycles. The van der Waals surface area contributed by atoms with Gasteiger partial charge in [-0.05, 0) is 12.5 Å². The van der Waals surface area contributed by atoms with Gasteiger partial charge in [-0.3, -0.25) is 0 Å². The van der Waals surface area contributed by atoms with E-state index in [0.29, 0.717) is 4.83 Å². The number of alkyl halides is 1. The standard InChI is InChI=1S/C11H15BrO2/c1-4-10(12)9-6-5-8(13-2)7-11(9)14-3/h5-7,10H,4H2,1-3H3. The summed E-state index contributed by atoms with van der Waals surface area (Å²) >= 11 is 3.60. The van der Waals surface area contributed by atoms with Crippen LogP contribution >= 0.6 is 15.9 Å². The molecule has 0 radical (unpaired) electrons. The van der Waals surface area contributed by atoms with Crippen LogP contribution in [0.1, 0.15) is 23.7 Å². The van der Waals surface area contributed by atoms with E-state index in [2.05, 4.69) is 22.9 Å². The number of hydrogen-bond acceptors (Lipinski definition) is 2. The third-order valence-electron chi connectivity index (χ3n) is 2.14. The molecule has 0 heterocycles. The molecule has 1 aromatic rings. The predicted molar refractivity (Wildman–Crippen MR) is 61.5 cm³/mol. The Balaban J connectivity index is 3.04. The second-order valence-electron chi connectivity index (χ2n) is 2.98. The van der Waals surface area contributed by atoms with Crippen molar-refractivity contribution >= 4 is 15.9 Å². The molecule has 3 heteroatoms. The van der Waals surface area contributed by atoms with E-state index >= 15 is 0 Å². The van der Waals surface area contributed by atoms with Gasteiger partial charge in [0.2, 0.25) is 0 Å². The van der Waals surface area contributed by atoms with Crippen LogP contribution in [0.2, 0.25) is 0 Å². The Bertz CT molecular complexity index is 299. The summed E-state index contributed by atoms with van der Waals surface area (Å²) in [5.41, 5.74) is 1.16. The maximum Gasteiger partial charge on any atom is 0.126 e. The van der Waals surface area contributed by atoms with Crippen LogP contribution in [0.5, 0.6) is 11.5 Å². The van der Waals surface area contributed by atoms with Gasteiger partial charge in [-0.1, -0.05) is 28.9 Å². The van der Waals surface area contributed by atoms with E-state index < -0.39 is 0 Å². The first-order valence-electron chi connectivity index (χ1n) is 4.59. The molecular formula is C11H15BrO2. The highest BCUT2D eigenvalue weighted by Crippen LogP contribution is 2.35. The zero-order valence-electron chi connectivity index (χ0n) is 8.71. The van der Waals surface area contributed by atoms with E-state index in [9.17, 15) is 0 Å². The minimum Gasteiger partial charge on any atom is -0.497 e. The van der Waals surface area contributed by atoms with Crippen molar-refractivity contribution in [2.24, 2.45) is 0 Å². The lowest BCUT2D eigenvalue weighted by atomic mass is 10.1.